The lowest BCUT2D eigenvalue weighted by Crippen LogP contribution is -2.35. The van der Waals surface area contributed by atoms with Crippen molar-refractivity contribution in [3.63, 3.8) is 0 Å². The Morgan fingerprint density at radius 1 is 1.09 bits per heavy atom. The van der Waals surface area contributed by atoms with Crippen LogP contribution < -0.4 is 0 Å². The average molecular weight is 310 g/mol. The fourth-order valence-electron chi connectivity index (χ4n) is 3.14. The predicted molar refractivity (Wildman–Crippen MR) is 89.7 cm³/mol. The van der Waals surface area contributed by atoms with E-state index in [0.717, 1.165) is 19.3 Å². The lowest BCUT2D eigenvalue weighted by atomic mass is 9.72. The Bertz CT molecular complexity index is 347. The SMILES string of the molecule is CCCCCCCCCCOC(=O)C1CCC(C)(C)CC1=O. The molecule has 0 bridgehead atoms. The first-order valence-corrected chi connectivity index (χ1v) is 9.15. The summed E-state index contributed by atoms with van der Waals surface area (Å²) in [5.41, 5.74) is 0.0473. The predicted octanol–water partition coefficient (Wildman–Crippen LogP) is 5.07. The molecule has 1 unspecified atom stereocenters. The van der Waals surface area contributed by atoms with E-state index in [-0.39, 0.29) is 17.2 Å². The van der Waals surface area contributed by atoms with Crippen LogP contribution in [0.3, 0.4) is 0 Å². The highest BCUT2D eigenvalue weighted by molar-refractivity contribution is 5.99. The molecule has 0 aromatic carbocycles. The third kappa shape index (κ3) is 7.42. The van der Waals surface area contributed by atoms with Crippen molar-refractivity contribution in [2.45, 2.75) is 91.4 Å². The molecule has 1 aliphatic rings. The van der Waals surface area contributed by atoms with E-state index in [4.69, 9.17) is 4.74 Å². The zero-order valence-electron chi connectivity index (χ0n) is 14.8. The number of unbranched alkanes of at least 4 members (excludes halogenated alkanes) is 7. The zero-order chi connectivity index (χ0) is 16.4. The van der Waals surface area contributed by atoms with Gasteiger partial charge in [0.05, 0.1) is 6.61 Å². The topological polar surface area (TPSA) is 43.4 Å². The van der Waals surface area contributed by atoms with Crippen LogP contribution in [0, 0.1) is 11.3 Å². The summed E-state index contributed by atoms with van der Waals surface area (Å²) in [5.74, 6) is -0.720. The standard InChI is InChI=1S/C19H34O3/c1-4-5-6-7-8-9-10-11-14-22-18(21)16-12-13-19(2,3)15-17(16)20/h16H,4-15H2,1-3H3. The summed E-state index contributed by atoms with van der Waals surface area (Å²) in [6, 6.07) is 0. The number of ether oxygens (including phenoxy) is 1. The third-order valence-corrected chi connectivity index (χ3v) is 4.68. The van der Waals surface area contributed by atoms with Crippen molar-refractivity contribution in [2.24, 2.45) is 11.3 Å². The fourth-order valence-corrected chi connectivity index (χ4v) is 3.14. The summed E-state index contributed by atoms with van der Waals surface area (Å²) in [6.07, 6.45) is 11.9. The molecule has 0 spiro atoms. The van der Waals surface area contributed by atoms with Gasteiger partial charge in [-0.1, -0.05) is 65.7 Å². The molecule has 0 saturated heterocycles. The summed E-state index contributed by atoms with van der Waals surface area (Å²) < 4.78 is 5.31. The van der Waals surface area contributed by atoms with Gasteiger partial charge in [0.15, 0.2) is 0 Å². The molecular formula is C19H34O3. The van der Waals surface area contributed by atoms with E-state index in [9.17, 15) is 9.59 Å². The first-order valence-electron chi connectivity index (χ1n) is 9.15. The number of carbonyl (C=O) groups excluding carboxylic acids is 2. The molecule has 1 fully saturated rings. The summed E-state index contributed by atoms with van der Waals surface area (Å²) in [7, 11) is 0. The van der Waals surface area contributed by atoms with Crippen LogP contribution in [0.4, 0.5) is 0 Å². The van der Waals surface area contributed by atoms with Gasteiger partial charge in [-0.15, -0.1) is 0 Å². The van der Waals surface area contributed by atoms with Crippen LogP contribution in [-0.4, -0.2) is 18.4 Å². The second-order valence-corrected chi connectivity index (χ2v) is 7.54. The highest BCUT2D eigenvalue weighted by Gasteiger charge is 2.37. The number of esters is 1. The Labute approximate surface area is 136 Å². The summed E-state index contributed by atoms with van der Waals surface area (Å²) >= 11 is 0. The first-order chi connectivity index (χ1) is 10.5. The van der Waals surface area contributed by atoms with Crippen LogP contribution in [-0.2, 0) is 14.3 Å². The van der Waals surface area contributed by atoms with Crippen LogP contribution in [0.5, 0.6) is 0 Å². The van der Waals surface area contributed by atoms with Crippen molar-refractivity contribution in [2.75, 3.05) is 6.61 Å². The normalized spacial score (nSPS) is 20.9. The van der Waals surface area contributed by atoms with Gasteiger partial charge in [-0.25, -0.2) is 0 Å². The molecule has 128 valence electrons. The highest BCUT2D eigenvalue weighted by atomic mass is 16.5. The van der Waals surface area contributed by atoms with Crippen molar-refractivity contribution >= 4 is 11.8 Å². The lowest BCUT2D eigenvalue weighted by Gasteiger charge is -2.31. The minimum absolute atomic E-state index is 0.0473. The van der Waals surface area contributed by atoms with Gasteiger partial charge in [-0.05, 0) is 24.7 Å². The molecule has 0 radical (unpaired) electrons. The Hall–Kier alpha value is -0.860. The van der Waals surface area contributed by atoms with E-state index in [1.54, 1.807) is 0 Å². The number of hydrogen-bond donors (Lipinski definition) is 0. The molecule has 0 N–H and O–H groups in total. The van der Waals surface area contributed by atoms with Gasteiger partial charge in [0.1, 0.15) is 11.7 Å². The van der Waals surface area contributed by atoms with Crippen molar-refractivity contribution < 1.29 is 14.3 Å². The molecule has 0 aromatic heterocycles. The minimum Gasteiger partial charge on any atom is -0.465 e. The Morgan fingerprint density at radius 2 is 1.68 bits per heavy atom. The second kappa shape index (κ2) is 10.0. The van der Waals surface area contributed by atoms with E-state index in [1.807, 2.05) is 0 Å². The van der Waals surface area contributed by atoms with Gasteiger partial charge in [-0.2, -0.15) is 0 Å². The number of carbonyl (C=O) groups is 2. The quantitative estimate of drug-likeness (QED) is 0.321. The van der Waals surface area contributed by atoms with E-state index < -0.39 is 5.92 Å². The van der Waals surface area contributed by atoms with E-state index in [0.29, 0.717) is 19.4 Å². The molecule has 0 heterocycles. The molecule has 22 heavy (non-hydrogen) atoms. The molecule has 1 atom stereocenters. The summed E-state index contributed by atoms with van der Waals surface area (Å²) in [6.45, 7) is 6.88. The highest BCUT2D eigenvalue weighted by Crippen LogP contribution is 2.36. The molecule has 3 heteroatoms. The van der Waals surface area contributed by atoms with Gasteiger partial charge >= 0.3 is 5.97 Å². The molecule has 0 aromatic rings. The molecule has 3 nitrogen and oxygen atoms in total. The molecule has 1 rings (SSSR count). The number of rotatable bonds is 10. The minimum atomic E-state index is -0.498. The van der Waals surface area contributed by atoms with Crippen LogP contribution in [0.2, 0.25) is 0 Å². The van der Waals surface area contributed by atoms with Crippen molar-refractivity contribution in [1.29, 1.82) is 0 Å². The van der Waals surface area contributed by atoms with Gasteiger partial charge in [0.25, 0.3) is 0 Å². The van der Waals surface area contributed by atoms with Gasteiger partial charge in [0.2, 0.25) is 0 Å². The van der Waals surface area contributed by atoms with Crippen LogP contribution in [0.25, 0.3) is 0 Å². The van der Waals surface area contributed by atoms with E-state index in [1.165, 1.54) is 38.5 Å². The summed E-state index contributed by atoms with van der Waals surface area (Å²) in [5, 5.41) is 0. The van der Waals surface area contributed by atoms with Crippen LogP contribution in [0.1, 0.15) is 91.4 Å². The second-order valence-electron chi connectivity index (χ2n) is 7.54. The van der Waals surface area contributed by atoms with E-state index >= 15 is 0 Å². The molecule has 0 aliphatic heterocycles. The fraction of sp³-hybridized carbons (Fsp3) is 0.895. The van der Waals surface area contributed by atoms with Gasteiger partial charge in [0, 0.05) is 6.42 Å². The van der Waals surface area contributed by atoms with E-state index in [2.05, 4.69) is 20.8 Å². The lowest BCUT2D eigenvalue weighted by molar-refractivity contribution is -0.154. The smallest absolute Gasteiger partial charge is 0.316 e. The van der Waals surface area contributed by atoms with Gasteiger partial charge in [-0.3, -0.25) is 9.59 Å². The maximum atomic E-state index is 12.0. The van der Waals surface area contributed by atoms with Crippen molar-refractivity contribution in [1.82, 2.24) is 0 Å². The van der Waals surface area contributed by atoms with Gasteiger partial charge < -0.3 is 4.74 Å². The molecule has 1 aliphatic carbocycles. The summed E-state index contributed by atoms with van der Waals surface area (Å²) in [4.78, 5) is 24.0. The molecule has 1 saturated carbocycles. The number of ketones is 1. The molecule has 0 amide bonds. The van der Waals surface area contributed by atoms with Crippen molar-refractivity contribution in [3.8, 4) is 0 Å². The Balaban J connectivity index is 2.05. The zero-order valence-corrected chi connectivity index (χ0v) is 14.8. The number of Topliss-reactive ketones (excluding diaryl/α,β-unsaturated/α-hetero) is 1. The monoisotopic (exact) mass is 310 g/mol. The number of hydrogen-bond acceptors (Lipinski definition) is 3. The van der Waals surface area contributed by atoms with Crippen molar-refractivity contribution in [3.05, 3.63) is 0 Å². The third-order valence-electron chi connectivity index (χ3n) is 4.68. The first kappa shape index (κ1) is 19.2. The average Bonchev–Trinajstić information content (AvgIpc) is 2.44. The molecular weight excluding hydrogens is 276 g/mol. The van der Waals surface area contributed by atoms with Crippen LogP contribution in [0.15, 0.2) is 0 Å². The maximum Gasteiger partial charge on any atom is 0.316 e. The maximum absolute atomic E-state index is 12.0. The Morgan fingerprint density at radius 3 is 2.27 bits per heavy atom. The Kier molecular flexibility index (Phi) is 8.74. The largest absolute Gasteiger partial charge is 0.465 e. The van der Waals surface area contributed by atoms with Crippen LogP contribution >= 0.6 is 0 Å².